The number of nitrogens with zero attached hydrogens (tertiary/aromatic N) is 3. The lowest BCUT2D eigenvalue weighted by molar-refractivity contribution is 0.619. The molecule has 0 aliphatic carbocycles. The van der Waals surface area contributed by atoms with Crippen molar-refractivity contribution in [2.45, 2.75) is 0 Å². The Labute approximate surface area is 275 Å². The van der Waals surface area contributed by atoms with Gasteiger partial charge in [0, 0.05) is 38.8 Å². The van der Waals surface area contributed by atoms with Crippen molar-refractivity contribution in [1.82, 2.24) is 9.55 Å². The van der Waals surface area contributed by atoms with Gasteiger partial charge in [0.25, 0.3) is 0 Å². The molecule has 0 saturated heterocycles. The van der Waals surface area contributed by atoms with Crippen molar-refractivity contribution in [2.75, 3.05) is 4.90 Å². The number of hydrogen-bond acceptors (Lipinski definition) is 4. The van der Waals surface area contributed by atoms with E-state index in [2.05, 4.69) is 131 Å². The standard InChI is InChI=1S/C43H27N3O2/c1-4-13-28(14-5-1)43-44-41-39(48-43)26-25-38-40(41)34-27-31(23-24-37(34)47-38)45(29-15-6-2-7-16-29)36-22-12-20-33-32-19-10-11-21-35(32)46(42(33)36)30-17-8-3-9-18-30/h1-27H. The first-order valence-corrected chi connectivity index (χ1v) is 16.1. The van der Waals surface area contributed by atoms with E-state index >= 15 is 0 Å². The van der Waals surface area contributed by atoms with E-state index in [1.165, 1.54) is 10.8 Å². The Morgan fingerprint density at radius 3 is 2.02 bits per heavy atom. The van der Waals surface area contributed by atoms with Crippen LogP contribution >= 0.6 is 0 Å². The second kappa shape index (κ2) is 10.5. The molecule has 0 amide bonds. The third-order valence-electron chi connectivity index (χ3n) is 9.20. The van der Waals surface area contributed by atoms with Crippen molar-refractivity contribution in [3.05, 3.63) is 164 Å². The Balaban J connectivity index is 1.26. The first kappa shape index (κ1) is 26.6. The Morgan fingerprint density at radius 1 is 0.500 bits per heavy atom. The fourth-order valence-electron chi connectivity index (χ4n) is 7.12. The predicted molar refractivity (Wildman–Crippen MR) is 196 cm³/mol. The Kier molecular flexibility index (Phi) is 5.81. The minimum Gasteiger partial charge on any atom is -0.456 e. The number of benzene rings is 7. The average molecular weight is 618 g/mol. The number of para-hydroxylation sites is 4. The zero-order chi connectivity index (χ0) is 31.6. The molecular weight excluding hydrogens is 590 g/mol. The van der Waals surface area contributed by atoms with Gasteiger partial charge in [-0.15, -0.1) is 0 Å². The Hall–Kier alpha value is -6.59. The van der Waals surface area contributed by atoms with Gasteiger partial charge in [0.15, 0.2) is 5.58 Å². The Bertz CT molecular complexity index is 2780. The van der Waals surface area contributed by atoms with Gasteiger partial charge < -0.3 is 18.3 Å². The number of anilines is 3. The molecule has 5 heteroatoms. The van der Waals surface area contributed by atoms with Gasteiger partial charge in [-0.1, -0.05) is 84.9 Å². The molecule has 48 heavy (non-hydrogen) atoms. The van der Waals surface area contributed by atoms with Gasteiger partial charge in [-0.05, 0) is 78.9 Å². The highest BCUT2D eigenvalue weighted by Crippen LogP contribution is 2.45. The van der Waals surface area contributed by atoms with Crippen LogP contribution in [0.1, 0.15) is 0 Å². The van der Waals surface area contributed by atoms with E-state index < -0.39 is 0 Å². The molecular formula is C43H27N3O2. The maximum Gasteiger partial charge on any atom is 0.227 e. The van der Waals surface area contributed by atoms with Gasteiger partial charge in [-0.3, -0.25) is 0 Å². The van der Waals surface area contributed by atoms with Gasteiger partial charge in [0.05, 0.1) is 22.1 Å². The third-order valence-corrected chi connectivity index (χ3v) is 9.20. The lowest BCUT2D eigenvalue weighted by atomic mass is 10.1. The van der Waals surface area contributed by atoms with Crippen LogP contribution in [0.3, 0.4) is 0 Å². The molecule has 0 saturated carbocycles. The topological polar surface area (TPSA) is 47.3 Å². The molecule has 10 rings (SSSR count). The summed E-state index contributed by atoms with van der Waals surface area (Å²) in [5, 5.41) is 4.34. The summed E-state index contributed by atoms with van der Waals surface area (Å²) in [5.41, 5.74) is 10.6. The SMILES string of the molecule is c1ccc(-c2nc3c(ccc4oc5ccc(N(c6ccccc6)c6cccc7c8ccccc8n(-c8ccccc8)c67)cc5c43)o2)cc1. The van der Waals surface area contributed by atoms with Crippen LogP contribution in [0.25, 0.3) is 72.0 Å². The van der Waals surface area contributed by atoms with E-state index in [4.69, 9.17) is 13.8 Å². The molecule has 3 heterocycles. The molecule has 0 atom stereocenters. The second-order valence-electron chi connectivity index (χ2n) is 12.0. The average Bonchev–Trinajstić information content (AvgIpc) is 3.85. The maximum atomic E-state index is 6.40. The molecule has 0 fully saturated rings. The van der Waals surface area contributed by atoms with Crippen LogP contribution in [0, 0.1) is 0 Å². The molecule has 0 spiro atoms. The normalized spacial score (nSPS) is 11.8. The maximum absolute atomic E-state index is 6.40. The number of aromatic nitrogens is 2. The van der Waals surface area contributed by atoms with Crippen molar-refractivity contribution >= 4 is 71.9 Å². The quantitative estimate of drug-likeness (QED) is 0.193. The van der Waals surface area contributed by atoms with Gasteiger partial charge >= 0.3 is 0 Å². The largest absolute Gasteiger partial charge is 0.456 e. The summed E-state index contributed by atoms with van der Waals surface area (Å²) in [5.74, 6) is 0.593. The van der Waals surface area contributed by atoms with E-state index in [1.807, 2.05) is 42.5 Å². The lowest BCUT2D eigenvalue weighted by Gasteiger charge is -2.27. The van der Waals surface area contributed by atoms with Crippen LogP contribution in [0.15, 0.2) is 173 Å². The smallest absolute Gasteiger partial charge is 0.227 e. The summed E-state index contributed by atoms with van der Waals surface area (Å²) in [6.07, 6.45) is 0. The monoisotopic (exact) mass is 617 g/mol. The summed E-state index contributed by atoms with van der Waals surface area (Å²) in [6, 6.07) is 56.8. The van der Waals surface area contributed by atoms with Gasteiger partial charge in [0.1, 0.15) is 16.7 Å². The number of oxazole rings is 1. The van der Waals surface area contributed by atoms with Crippen LogP contribution < -0.4 is 4.90 Å². The molecule has 0 N–H and O–H groups in total. The number of fused-ring (bicyclic) bond motifs is 8. The molecule has 0 aliphatic heterocycles. The van der Waals surface area contributed by atoms with Gasteiger partial charge in [-0.25, -0.2) is 4.98 Å². The minimum atomic E-state index is 0.593. The van der Waals surface area contributed by atoms with Crippen LogP contribution in [-0.4, -0.2) is 9.55 Å². The van der Waals surface area contributed by atoms with Gasteiger partial charge in [-0.2, -0.15) is 0 Å². The zero-order valence-electron chi connectivity index (χ0n) is 25.7. The van der Waals surface area contributed by atoms with Crippen LogP contribution in [0.2, 0.25) is 0 Å². The molecule has 0 bridgehead atoms. The van der Waals surface area contributed by atoms with Crippen molar-refractivity contribution in [3.8, 4) is 17.1 Å². The summed E-state index contributed by atoms with van der Waals surface area (Å²) in [7, 11) is 0. The zero-order valence-corrected chi connectivity index (χ0v) is 25.7. The molecule has 5 nitrogen and oxygen atoms in total. The van der Waals surface area contributed by atoms with Crippen molar-refractivity contribution in [3.63, 3.8) is 0 Å². The van der Waals surface area contributed by atoms with E-state index in [0.717, 1.165) is 72.4 Å². The molecule has 0 radical (unpaired) electrons. The summed E-state index contributed by atoms with van der Waals surface area (Å²) < 4.78 is 15.0. The number of furan rings is 1. The van der Waals surface area contributed by atoms with E-state index in [-0.39, 0.29) is 0 Å². The first-order chi connectivity index (χ1) is 23.8. The minimum absolute atomic E-state index is 0.593. The Morgan fingerprint density at radius 2 is 1.19 bits per heavy atom. The van der Waals surface area contributed by atoms with Crippen LogP contribution in [-0.2, 0) is 0 Å². The van der Waals surface area contributed by atoms with E-state index in [0.29, 0.717) is 5.89 Å². The molecule has 10 aromatic rings. The van der Waals surface area contributed by atoms with Crippen LogP contribution in [0.4, 0.5) is 17.1 Å². The lowest BCUT2D eigenvalue weighted by Crippen LogP contribution is -2.11. The first-order valence-electron chi connectivity index (χ1n) is 16.1. The second-order valence-corrected chi connectivity index (χ2v) is 12.0. The number of hydrogen-bond donors (Lipinski definition) is 0. The third kappa shape index (κ3) is 4.01. The molecule has 3 aromatic heterocycles. The van der Waals surface area contributed by atoms with E-state index in [9.17, 15) is 0 Å². The molecule has 0 unspecified atom stereocenters. The number of rotatable bonds is 5. The summed E-state index contributed by atoms with van der Waals surface area (Å²) >= 11 is 0. The molecule has 7 aromatic carbocycles. The summed E-state index contributed by atoms with van der Waals surface area (Å²) in [6.45, 7) is 0. The van der Waals surface area contributed by atoms with Crippen molar-refractivity contribution < 1.29 is 8.83 Å². The molecule has 226 valence electrons. The fraction of sp³-hybridized carbons (Fsp3) is 0. The summed E-state index contributed by atoms with van der Waals surface area (Å²) in [4.78, 5) is 7.34. The predicted octanol–water partition coefficient (Wildman–Crippen LogP) is 12.0. The van der Waals surface area contributed by atoms with E-state index in [1.54, 1.807) is 0 Å². The van der Waals surface area contributed by atoms with Crippen LogP contribution in [0.5, 0.6) is 0 Å². The fourth-order valence-corrected chi connectivity index (χ4v) is 7.12. The highest BCUT2D eigenvalue weighted by atomic mass is 16.4. The van der Waals surface area contributed by atoms with Crippen molar-refractivity contribution in [2.24, 2.45) is 0 Å². The highest BCUT2D eigenvalue weighted by molar-refractivity contribution is 6.18. The molecule has 0 aliphatic rings. The van der Waals surface area contributed by atoms with Crippen molar-refractivity contribution in [1.29, 1.82) is 0 Å². The highest BCUT2D eigenvalue weighted by Gasteiger charge is 2.23. The van der Waals surface area contributed by atoms with Gasteiger partial charge in [0.2, 0.25) is 5.89 Å².